The Morgan fingerprint density at radius 1 is 1.21 bits per heavy atom. The number of hydrogen-bond acceptors (Lipinski definition) is 4. The van der Waals surface area contributed by atoms with Crippen LogP contribution in [0.25, 0.3) is 0 Å². The number of amides is 1. The standard InChI is InChI=1S/C19H24N4O/c1-13-7-9-23(10-8-13)19(24)17-11-18(21-12-20-17)22-16-6-4-5-14(2)15(16)3/h4-6,11-13H,7-10H2,1-3H3,(H,20,21,22). The van der Waals surface area contributed by atoms with Gasteiger partial charge in [0.15, 0.2) is 0 Å². The van der Waals surface area contributed by atoms with E-state index in [0.29, 0.717) is 17.4 Å². The molecule has 5 heteroatoms. The zero-order chi connectivity index (χ0) is 17.1. The summed E-state index contributed by atoms with van der Waals surface area (Å²) in [6, 6.07) is 7.83. The van der Waals surface area contributed by atoms with Crippen LogP contribution in [0.15, 0.2) is 30.6 Å². The maximum absolute atomic E-state index is 12.6. The Kier molecular flexibility index (Phi) is 4.79. The predicted molar refractivity (Wildman–Crippen MR) is 95.5 cm³/mol. The third kappa shape index (κ3) is 3.55. The van der Waals surface area contributed by atoms with Gasteiger partial charge in [-0.05, 0) is 49.8 Å². The Hall–Kier alpha value is -2.43. The molecule has 1 amide bonds. The second-order valence-corrected chi connectivity index (χ2v) is 6.64. The molecule has 1 aromatic carbocycles. The smallest absolute Gasteiger partial charge is 0.272 e. The van der Waals surface area contributed by atoms with E-state index in [0.717, 1.165) is 31.6 Å². The number of nitrogens with one attached hydrogen (secondary N) is 1. The zero-order valence-corrected chi connectivity index (χ0v) is 14.5. The molecule has 0 radical (unpaired) electrons. The molecule has 2 heterocycles. The van der Waals surface area contributed by atoms with Crippen LogP contribution in [-0.2, 0) is 0 Å². The van der Waals surface area contributed by atoms with Crippen molar-refractivity contribution < 1.29 is 4.79 Å². The van der Waals surface area contributed by atoms with E-state index in [9.17, 15) is 4.79 Å². The van der Waals surface area contributed by atoms with E-state index in [1.165, 1.54) is 17.5 Å². The molecule has 3 rings (SSSR count). The quantitative estimate of drug-likeness (QED) is 0.935. The first-order valence-electron chi connectivity index (χ1n) is 8.49. The van der Waals surface area contributed by atoms with Crippen molar-refractivity contribution in [2.24, 2.45) is 5.92 Å². The van der Waals surface area contributed by atoms with Crippen molar-refractivity contribution in [2.75, 3.05) is 18.4 Å². The minimum absolute atomic E-state index is 0.00619. The van der Waals surface area contributed by atoms with Crippen LogP contribution in [0.2, 0.25) is 0 Å². The Labute approximate surface area is 143 Å². The number of likely N-dealkylation sites (tertiary alicyclic amines) is 1. The number of rotatable bonds is 3. The molecule has 1 aliphatic heterocycles. The fraction of sp³-hybridized carbons (Fsp3) is 0.421. The van der Waals surface area contributed by atoms with Crippen molar-refractivity contribution in [3.63, 3.8) is 0 Å². The number of carbonyl (C=O) groups is 1. The van der Waals surface area contributed by atoms with E-state index in [4.69, 9.17) is 0 Å². The van der Waals surface area contributed by atoms with Gasteiger partial charge < -0.3 is 10.2 Å². The molecular formula is C19H24N4O. The van der Waals surface area contributed by atoms with Crippen molar-refractivity contribution in [1.29, 1.82) is 0 Å². The lowest BCUT2D eigenvalue weighted by molar-refractivity contribution is 0.0691. The first-order valence-corrected chi connectivity index (χ1v) is 8.49. The minimum atomic E-state index is -0.00619. The largest absolute Gasteiger partial charge is 0.340 e. The van der Waals surface area contributed by atoms with Crippen LogP contribution in [0.5, 0.6) is 0 Å². The van der Waals surface area contributed by atoms with E-state index in [1.54, 1.807) is 6.07 Å². The first-order chi connectivity index (χ1) is 11.5. The highest BCUT2D eigenvalue weighted by Gasteiger charge is 2.22. The summed E-state index contributed by atoms with van der Waals surface area (Å²) < 4.78 is 0. The molecule has 5 nitrogen and oxygen atoms in total. The van der Waals surface area contributed by atoms with Gasteiger partial charge in [-0.3, -0.25) is 4.79 Å². The number of aromatic nitrogens is 2. The summed E-state index contributed by atoms with van der Waals surface area (Å²) in [6.07, 6.45) is 3.57. The summed E-state index contributed by atoms with van der Waals surface area (Å²) in [4.78, 5) is 23.0. The van der Waals surface area contributed by atoms with Crippen LogP contribution < -0.4 is 5.32 Å². The topological polar surface area (TPSA) is 58.1 Å². The molecule has 1 fully saturated rings. The molecular weight excluding hydrogens is 300 g/mol. The normalized spacial score (nSPS) is 15.4. The fourth-order valence-corrected chi connectivity index (χ4v) is 2.94. The Bertz CT molecular complexity index is 736. The van der Waals surface area contributed by atoms with Gasteiger partial charge in [-0.2, -0.15) is 0 Å². The summed E-state index contributed by atoms with van der Waals surface area (Å²) in [5.74, 6) is 1.33. The van der Waals surface area contributed by atoms with E-state index >= 15 is 0 Å². The van der Waals surface area contributed by atoms with Crippen molar-refractivity contribution in [1.82, 2.24) is 14.9 Å². The summed E-state index contributed by atoms with van der Waals surface area (Å²) in [5.41, 5.74) is 3.84. The predicted octanol–water partition coefficient (Wildman–Crippen LogP) is 3.71. The van der Waals surface area contributed by atoms with E-state index < -0.39 is 0 Å². The summed E-state index contributed by atoms with van der Waals surface area (Å²) in [7, 11) is 0. The van der Waals surface area contributed by atoms with E-state index in [1.807, 2.05) is 17.0 Å². The second-order valence-electron chi connectivity index (χ2n) is 6.64. The number of carbonyl (C=O) groups excluding carboxylic acids is 1. The summed E-state index contributed by atoms with van der Waals surface area (Å²) in [5, 5.41) is 3.30. The third-order valence-electron chi connectivity index (χ3n) is 4.82. The lowest BCUT2D eigenvalue weighted by atomic mass is 9.99. The maximum atomic E-state index is 12.6. The highest BCUT2D eigenvalue weighted by molar-refractivity contribution is 5.93. The average Bonchev–Trinajstić information content (AvgIpc) is 2.59. The molecule has 126 valence electrons. The number of benzene rings is 1. The van der Waals surface area contributed by atoms with Crippen LogP contribution >= 0.6 is 0 Å². The molecule has 0 atom stereocenters. The fourth-order valence-electron chi connectivity index (χ4n) is 2.94. The monoisotopic (exact) mass is 324 g/mol. The van der Waals surface area contributed by atoms with E-state index in [-0.39, 0.29) is 5.91 Å². The summed E-state index contributed by atoms with van der Waals surface area (Å²) >= 11 is 0. The first kappa shape index (κ1) is 16.4. The SMILES string of the molecule is Cc1cccc(Nc2cc(C(=O)N3CCC(C)CC3)ncn2)c1C. The van der Waals surface area contributed by atoms with Crippen LogP contribution in [0.4, 0.5) is 11.5 Å². The maximum Gasteiger partial charge on any atom is 0.272 e. The third-order valence-corrected chi connectivity index (χ3v) is 4.82. The molecule has 0 spiro atoms. The van der Waals surface area contributed by atoms with Gasteiger partial charge in [0.25, 0.3) is 5.91 Å². The molecule has 0 bridgehead atoms. The molecule has 0 aliphatic carbocycles. The highest BCUT2D eigenvalue weighted by Crippen LogP contribution is 2.22. The van der Waals surface area contributed by atoms with Crippen molar-refractivity contribution in [2.45, 2.75) is 33.6 Å². The highest BCUT2D eigenvalue weighted by atomic mass is 16.2. The number of anilines is 2. The molecule has 1 aromatic heterocycles. The van der Waals surface area contributed by atoms with Crippen LogP contribution in [0.3, 0.4) is 0 Å². The van der Waals surface area contributed by atoms with Crippen LogP contribution in [0.1, 0.15) is 41.4 Å². The van der Waals surface area contributed by atoms with Crippen molar-refractivity contribution >= 4 is 17.4 Å². The lowest BCUT2D eigenvalue weighted by Gasteiger charge is -2.30. The number of piperidine rings is 1. The molecule has 24 heavy (non-hydrogen) atoms. The minimum Gasteiger partial charge on any atom is -0.340 e. The Balaban J connectivity index is 1.76. The number of nitrogens with zero attached hydrogens (tertiary/aromatic N) is 3. The van der Waals surface area contributed by atoms with Crippen LogP contribution in [0, 0.1) is 19.8 Å². The van der Waals surface area contributed by atoms with Crippen molar-refractivity contribution in [3.05, 3.63) is 47.4 Å². The van der Waals surface area contributed by atoms with Gasteiger partial charge in [0.1, 0.15) is 17.8 Å². The van der Waals surface area contributed by atoms with Gasteiger partial charge in [-0.25, -0.2) is 9.97 Å². The second kappa shape index (κ2) is 6.99. The van der Waals surface area contributed by atoms with Crippen molar-refractivity contribution in [3.8, 4) is 0 Å². The van der Waals surface area contributed by atoms with Crippen LogP contribution in [-0.4, -0.2) is 33.9 Å². The van der Waals surface area contributed by atoms with Gasteiger partial charge >= 0.3 is 0 Å². The molecule has 0 saturated carbocycles. The molecule has 1 N–H and O–H groups in total. The average molecular weight is 324 g/mol. The zero-order valence-electron chi connectivity index (χ0n) is 14.5. The van der Waals surface area contributed by atoms with Gasteiger partial charge in [-0.15, -0.1) is 0 Å². The lowest BCUT2D eigenvalue weighted by Crippen LogP contribution is -2.38. The van der Waals surface area contributed by atoms with Gasteiger partial charge in [0.2, 0.25) is 0 Å². The Morgan fingerprint density at radius 2 is 1.96 bits per heavy atom. The molecule has 0 unspecified atom stereocenters. The molecule has 1 aliphatic rings. The number of aryl methyl sites for hydroxylation is 1. The number of hydrogen-bond donors (Lipinski definition) is 1. The van der Waals surface area contributed by atoms with E-state index in [2.05, 4.69) is 42.1 Å². The van der Waals surface area contributed by atoms with Gasteiger partial charge in [0, 0.05) is 24.8 Å². The van der Waals surface area contributed by atoms with Gasteiger partial charge in [0.05, 0.1) is 0 Å². The summed E-state index contributed by atoms with van der Waals surface area (Å²) in [6.45, 7) is 8.00. The van der Waals surface area contributed by atoms with Gasteiger partial charge in [-0.1, -0.05) is 19.1 Å². The molecule has 2 aromatic rings. The molecule has 1 saturated heterocycles. The Morgan fingerprint density at radius 3 is 2.71 bits per heavy atom.